The third-order valence-electron chi connectivity index (χ3n) is 3.91. The minimum atomic E-state index is -0.333. The van der Waals surface area contributed by atoms with E-state index in [-0.39, 0.29) is 18.0 Å². The zero-order valence-corrected chi connectivity index (χ0v) is 14.0. The minimum absolute atomic E-state index is 0.00986. The van der Waals surface area contributed by atoms with Gasteiger partial charge in [0.1, 0.15) is 0 Å². The molecule has 3 amide bonds. The van der Waals surface area contributed by atoms with Crippen LogP contribution >= 0.6 is 11.6 Å². The summed E-state index contributed by atoms with van der Waals surface area (Å²) >= 11 is 5.81. The summed E-state index contributed by atoms with van der Waals surface area (Å²) in [6.07, 6.45) is 0.294. The maximum absolute atomic E-state index is 12.2. The van der Waals surface area contributed by atoms with E-state index in [1.807, 2.05) is 31.2 Å². The number of benzene rings is 2. The molecule has 2 aromatic carbocycles. The normalized spacial score (nSPS) is 17.0. The second-order valence-electron chi connectivity index (χ2n) is 5.85. The molecule has 1 heterocycles. The SMILES string of the molecule is Cc1ccc(N2C[C@@H](NC(=O)Nc3ccc(Cl)cc3)CC2=O)cc1. The van der Waals surface area contributed by atoms with Gasteiger partial charge in [0, 0.05) is 29.4 Å². The van der Waals surface area contributed by atoms with Gasteiger partial charge in [-0.15, -0.1) is 0 Å². The molecule has 0 spiro atoms. The third-order valence-corrected chi connectivity index (χ3v) is 4.16. The van der Waals surface area contributed by atoms with Crippen molar-refractivity contribution in [2.45, 2.75) is 19.4 Å². The van der Waals surface area contributed by atoms with Crippen LogP contribution in [0.4, 0.5) is 16.2 Å². The van der Waals surface area contributed by atoms with Gasteiger partial charge in [0.05, 0.1) is 6.04 Å². The Bertz CT molecular complexity index is 744. The van der Waals surface area contributed by atoms with Gasteiger partial charge >= 0.3 is 6.03 Å². The number of aryl methyl sites for hydroxylation is 1. The standard InChI is InChI=1S/C18H18ClN3O2/c1-12-2-8-16(9-3-12)22-11-15(10-17(22)23)21-18(24)20-14-6-4-13(19)5-7-14/h2-9,15H,10-11H2,1H3,(H2,20,21,24)/t15-/m0/s1. The van der Waals surface area contributed by atoms with Crippen LogP contribution in [0.5, 0.6) is 0 Å². The van der Waals surface area contributed by atoms with E-state index >= 15 is 0 Å². The fourth-order valence-corrected chi connectivity index (χ4v) is 2.79. The number of anilines is 2. The molecule has 1 aliphatic heterocycles. The number of hydrogen-bond donors (Lipinski definition) is 2. The van der Waals surface area contributed by atoms with Gasteiger partial charge in [0.15, 0.2) is 0 Å². The van der Waals surface area contributed by atoms with Gasteiger partial charge in [0.25, 0.3) is 0 Å². The van der Waals surface area contributed by atoms with Crippen LogP contribution in [0.1, 0.15) is 12.0 Å². The Morgan fingerprint density at radius 3 is 2.46 bits per heavy atom. The van der Waals surface area contributed by atoms with Crippen LogP contribution < -0.4 is 15.5 Å². The Kier molecular flexibility index (Phi) is 4.71. The average Bonchev–Trinajstić information content (AvgIpc) is 2.90. The molecule has 1 atom stereocenters. The van der Waals surface area contributed by atoms with Gasteiger partial charge in [-0.1, -0.05) is 29.3 Å². The van der Waals surface area contributed by atoms with E-state index in [0.29, 0.717) is 23.7 Å². The number of halogens is 1. The van der Waals surface area contributed by atoms with E-state index in [4.69, 9.17) is 11.6 Å². The Balaban J connectivity index is 1.58. The molecule has 0 radical (unpaired) electrons. The largest absolute Gasteiger partial charge is 0.333 e. The highest BCUT2D eigenvalue weighted by Gasteiger charge is 2.31. The third kappa shape index (κ3) is 3.86. The number of amides is 3. The van der Waals surface area contributed by atoms with Crippen LogP contribution in [-0.4, -0.2) is 24.5 Å². The monoisotopic (exact) mass is 343 g/mol. The summed E-state index contributed by atoms with van der Waals surface area (Å²) in [5.41, 5.74) is 2.65. The quantitative estimate of drug-likeness (QED) is 0.894. The fourth-order valence-electron chi connectivity index (χ4n) is 2.66. The molecule has 5 nitrogen and oxygen atoms in total. The molecule has 1 aliphatic rings. The van der Waals surface area contributed by atoms with Crippen LogP contribution in [0.2, 0.25) is 5.02 Å². The molecule has 6 heteroatoms. The van der Waals surface area contributed by atoms with Crippen molar-refractivity contribution in [1.82, 2.24) is 5.32 Å². The Morgan fingerprint density at radius 1 is 1.12 bits per heavy atom. The number of hydrogen-bond acceptors (Lipinski definition) is 2. The van der Waals surface area contributed by atoms with E-state index < -0.39 is 0 Å². The summed E-state index contributed by atoms with van der Waals surface area (Å²) in [4.78, 5) is 26.0. The molecule has 0 aromatic heterocycles. The van der Waals surface area contributed by atoms with Crippen LogP contribution in [0, 0.1) is 6.92 Å². The van der Waals surface area contributed by atoms with E-state index in [1.54, 1.807) is 29.2 Å². The van der Waals surface area contributed by atoms with E-state index in [1.165, 1.54) is 0 Å². The van der Waals surface area contributed by atoms with E-state index in [2.05, 4.69) is 10.6 Å². The maximum atomic E-state index is 12.2. The molecule has 2 aromatic rings. The Morgan fingerprint density at radius 2 is 1.79 bits per heavy atom. The van der Waals surface area contributed by atoms with Crippen LogP contribution in [0.15, 0.2) is 48.5 Å². The smallest absolute Gasteiger partial charge is 0.319 e. The highest BCUT2D eigenvalue weighted by atomic mass is 35.5. The van der Waals surface area contributed by atoms with Crippen molar-refractivity contribution in [2.75, 3.05) is 16.8 Å². The lowest BCUT2D eigenvalue weighted by Gasteiger charge is -2.17. The lowest BCUT2D eigenvalue weighted by Crippen LogP contribution is -2.39. The van der Waals surface area contributed by atoms with Gasteiger partial charge in [-0.25, -0.2) is 4.79 Å². The van der Waals surface area contributed by atoms with E-state index in [9.17, 15) is 9.59 Å². The fraction of sp³-hybridized carbons (Fsp3) is 0.222. The van der Waals surface area contributed by atoms with Gasteiger partial charge < -0.3 is 15.5 Å². The van der Waals surface area contributed by atoms with Crippen LogP contribution in [-0.2, 0) is 4.79 Å². The molecule has 0 saturated carbocycles. The highest BCUT2D eigenvalue weighted by molar-refractivity contribution is 6.30. The zero-order valence-electron chi connectivity index (χ0n) is 13.3. The van der Waals surface area contributed by atoms with Gasteiger partial charge in [0.2, 0.25) is 5.91 Å². The Labute approximate surface area is 145 Å². The van der Waals surface area contributed by atoms with Crippen molar-refractivity contribution in [3.63, 3.8) is 0 Å². The number of rotatable bonds is 3. The topological polar surface area (TPSA) is 61.4 Å². The molecule has 24 heavy (non-hydrogen) atoms. The molecule has 0 unspecified atom stereocenters. The lowest BCUT2D eigenvalue weighted by molar-refractivity contribution is -0.117. The van der Waals surface area contributed by atoms with Gasteiger partial charge in [-0.05, 0) is 43.3 Å². The first-order chi connectivity index (χ1) is 11.5. The number of carbonyl (C=O) groups is 2. The first-order valence-electron chi connectivity index (χ1n) is 7.71. The summed E-state index contributed by atoms with van der Waals surface area (Å²) in [6.45, 7) is 2.47. The number of urea groups is 1. The van der Waals surface area contributed by atoms with Crippen molar-refractivity contribution in [3.05, 3.63) is 59.1 Å². The summed E-state index contributed by atoms with van der Waals surface area (Å²) in [6, 6.07) is 14.1. The van der Waals surface area contributed by atoms with Crippen molar-refractivity contribution < 1.29 is 9.59 Å². The van der Waals surface area contributed by atoms with Crippen molar-refractivity contribution in [3.8, 4) is 0 Å². The zero-order chi connectivity index (χ0) is 17.1. The van der Waals surface area contributed by atoms with Crippen molar-refractivity contribution >= 4 is 34.9 Å². The molecular formula is C18H18ClN3O2. The summed E-state index contributed by atoms with van der Waals surface area (Å²) < 4.78 is 0. The van der Waals surface area contributed by atoms with Gasteiger partial charge in [-0.3, -0.25) is 4.79 Å². The molecule has 3 rings (SSSR count). The molecule has 0 bridgehead atoms. The first kappa shape index (κ1) is 16.3. The predicted octanol–water partition coefficient (Wildman–Crippen LogP) is 3.58. The average molecular weight is 344 g/mol. The highest BCUT2D eigenvalue weighted by Crippen LogP contribution is 2.22. The van der Waals surface area contributed by atoms with Gasteiger partial charge in [-0.2, -0.15) is 0 Å². The molecule has 124 valence electrons. The second-order valence-corrected chi connectivity index (χ2v) is 6.28. The molecule has 1 fully saturated rings. The summed E-state index contributed by atoms with van der Waals surface area (Å²) in [7, 11) is 0. The second kappa shape index (κ2) is 6.93. The van der Waals surface area contributed by atoms with Crippen molar-refractivity contribution in [1.29, 1.82) is 0 Å². The predicted molar refractivity (Wildman–Crippen MR) is 95.5 cm³/mol. The summed E-state index contributed by atoms with van der Waals surface area (Å²) in [5.74, 6) is 0.00986. The molecule has 1 saturated heterocycles. The number of carbonyl (C=O) groups excluding carboxylic acids is 2. The Hall–Kier alpha value is -2.53. The van der Waals surface area contributed by atoms with Crippen LogP contribution in [0.25, 0.3) is 0 Å². The van der Waals surface area contributed by atoms with Crippen molar-refractivity contribution in [2.24, 2.45) is 0 Å². The van der Waals surface area contributed by atoms with E-state index in [0.717, 1.165) is 11.3 Å². The van der Waals surface area contributed by atoms with Crippen LogP contribution in [0.3, 0.4) is 0 Å². The first-order valence-corrected chi connectivity index (χ1v) is 8.09. The molecule has 2 N–H and O–H groups in total. The molecule has 0 aliphatic carbocycles. The lowest BCUT2D eigenvalue weighted by atomic mass is 10.2. The minimum Gasteiger partial charge on any atom is -0.333 e. The maximum Gasteiger partial charge on any atom is 0.319 e. The number of nitrogens with zero attached hydrogens (tertiary/aromatic N) is 1. The number of nitrogens with one attached hydrogen (secondary N) is 2. The molecular weight excluding hydrogens is 326 g/mol. The summed E-state index contributed by atoms with van der Waals surface area (Å²) in [5, 5.41) is 6.18.